The first kappa shape index (κ1) is 20.8. The second-order valence-electron chi connectivity index (χ2n) is 8.08. The van der Waals surface area contributed by atoms with Crippen molar-refractivity contribution in [3.63, 3.8) is 0 Å². The molecule has 2 aromatic heterocycles. The lowest BCUT2D eigenvalue weighted by Gasteiger charge is -2.42. The maximum atomic E-state index is 15.2. The molecular weight excluding hydrogens is 405 g/mol. The molecule has 0 saturated carbocycles. The third-order valence-electron chi connectivity index (χ3n) is 6.14. The van der Waals surface area contributed by atoms with Crippen LogP contribution in [-0.4, -0.2) is 40.5 Å². The summed E-state index contributed by atoms with van der Waals surface area (Å²) in [4.78, 5) is 21.8. The Labute approximate surface area is 180 Å². The second kappa shape index (κ2) is 8.00. The van der Waals surface area contributed by atoms with Crippen LogP contribution in [-0.2, 0) is 16.0 Å². The molecule has 1 aliphatic heterocycles. The van der Waals surface area contributed by atoms with Gasteiger partial charge in [0, 0.05) is 34.7 Å². The van der Waals surface area contributed by atoms with Crippen molar-refractivity contribution in [3.05, 3.63) is 63.8 Å². The summed E-state index contributed by atoms with van der Waals surface area (Å²) in [5.74, 6) is -1.05. The Morgan fingerprint density at radius 1 is 1.43 bits per heavy atom. The zero-order valence-corrected chi connectivity index (χ0v) is 18.3. The Bertz CT molecular complexity index is 1110. The van der Waals surface area contributed by atoms with Crippen molar-refractivity contribution in [1.82, 2.24) is 14.9 Å². The number of esters is 1. The normalized spacial score (nSPS) is 20.2. The quantitative estimate of drug-likeness (QED) is 0.477. The van der Waals surface area contributed by atoms with Crippen LogP contribution < -0.4 is 0 Å². The van der Waals surface area contributed by atoms with Crippen LogP contribution >= 0.6 is 11.6 Å². The number of carbonyl (C=O) groups is 1. The van der Waals surface area contributed by atoms with E-state index >= 15 is 4.39 Å². The lowest BCUT2D eigenvalue weighted by Crippen LogP contribution is -2.46. The molecule has 1 aliphatic rings. The van der Waals surface area contributed by atoms with Crippen LogP contribution in [0.4, 0.5) is 4.39 Å². The fourth-order valence-electron chi connectivity index (χ4n) is 4.60. The molecule has 0 bridgehead atoms. The number of rotatable bonds is 4. The molecule has 1 N–H and O–H groups in total. The second-order valence-corrected chi connectivity index (χ2v) is 8.43. The highest BCUT2D eigenvalue weighted by atomic mass is 35.5. The van der Waals surface area contributed by atoms with E-state index < -0.39 is 11.9 Å². The number of hydrogen-bond donors (Lipinski definition) is 1. The molecule has 0 spiro atoms. The van der Waals surface area contributed by atoms with Gasteiger partial charge in [-0.2, -0.15) is 0 Å². The van der Waals surface area contributed by atoms with Crippen molar-refractivity contribution in [1.29, 1.82) is 0 Å². The number of para-hydroxylation sites is 1. The Morgan fingerprint density at radius 2 is 2.17 bits per heavy atom. The van der Waals surface area contributed by atoms with Crippen LogP contribution in [0, 0.1) is 18.7 Å². The van der Waals surface area contributed by atoms with Crippen molar-refractivity contribution in [2.45, 2.75) is 39.3 Å². The summed E-state index contributed by atoms with van der Waals surface area (Å²) in [5, 5.41) is 1.42. The molecule has 30 heavy (non-hydrogen) atoms. The van der Waals surface area contributed by atoms with Crippen LogP contribution in [0.5, 0.6) is 0 Å². The van der Waals surface area contributed by atoms with Gasteiger partial charge in [0.1, 0.15) is 11.0 Å². The van der Waals surface area contributed by atoms with Gasteiger partial charge in [-0.05, 0) is 37.5 Å². The molecule has 7 heteroatoms. The standard InChI is InChI=1S/C23H25ClFN3O2/c1-12(23(29)30-4)11-28-13(2)9-16-15-7-5-6-8-18(15)27-20(16)21(28)19-14(3)22(24)26-10-17(19)25/h5-8,10,12-13,21,27H,9,11H2,1-4H3/t12-,13+,21+/m0/s1. The summed E-state index contributed by atoms with van der Waals surface area (Å²) < 4.78 is 20.1. The van der Waals surface area contributed by atoms with Gasteiger partial charge in [0.2, 0.25) is 0 Å². The van der Waals surface area contributed by atoms with Crippen molar-refractivity contribution in [3.8, 4) is 0 Å². The minimum Gasteiger partial charge on any atom is -0.469 e. The first-order valence-corrected chi connectivity index (χ1v) is 10.4. The van der Waals surface area contributed by atoms with Crippen LogP contribution in [0.1, 0.15) is 42.3 Å². The number of halogens is 2. The van der Waals surface area contributed by atoms with Gasteiger partial charge in [0.15, 0.2) is 0 Å². The number of methoxy groups -OCH3 is 1. The van der Waals surface area contributed by atoms with E-state index in [9.17, 15) is 4.79 Å². The third kappa shape index (κ3) is 3.38. The summed E-state index contributed by atoms with van der Waals surface area (Å²) in [6.07, 6.45) is 1.97. The smallest absolute Gasteiger partial charge is 0.309 e. The molecule has 1 aromatic carbocycles. The maximum Gasteiger partial charge on any atom is 0.309 e. The fraction of sp³-hybridized carbons (Fsp3) is 0.391. The lowest BCUT2D eigenvalue weighted by atomic mass is 9.86. The molecule has 158 valence electrons. The van der Waals surface area contributed by atoms with Gasteiger partial charge < -0.3 is 9.72 Å². The van der Waals surface area contributed by atoms with Gasteiger partial charge in [-0.25, -0.2) is 9.37 Å². The number of carbonyl (C=O) groups excluding carboxylic acids is 1. The molecule has 3 atom stereocenters. The van der Waals surface area contributed by atoms with Crippen LogP contribution in [0.15, 0.2) is 30.5 Å². The number of aromatic amines is 1. The van der Waals surface area contributed by atoms with E-state index in [0.29, 0.717) is 17.7 Å². The van der Waals surface area contributed by atoms with Gasteiger partial charge in [-0.1, -0.05) is 36.7 Å². The molecular formula is C23H25ClFN3O2. The van der Waals surface area contributed by atoms with E-state index in [1.807, 2.05) is 25.1 Å². The Kier molecular flexibility index (Phi) is 5.55. The maximum absolute atomic E-state index is 15.2. The van der Waals surface area contributed by atoms with E-state index in [1.165, 1.54) is 18.9 Å². The number of nitrogens with one attached hydrogen (secondary N) is 1. The molecule has 0 aliphatic carbocycles. The average Bonchev–Trinajstić information content (AvgIpc) is 3.10. The highest BCUT2D eigenvalue weighted by Gasteiger charge is 2.39. The van der Waals surface area contributed by atoms with Crippen molar-refractivity contribution in [2.75, 3.05) is 13.7 Å². The molecule has 0 unspecified atom stereocenters. The topological polar surface area (TPSA) is 58.2 Å². The summed E-state index contributed by atoms with van der Waals surface area (Å²) in [7, 11) is 1.39. The van der Waals surface area contributed by atoms with E-state index in [0.717, 1.165) is 23.0 Å². The molecule has 5 nitrogen and oxygen atoms in total. The summed E-state index contributed by atoms with van der Waals surface area (Å²) in [5.41, 5.74) is 4.23. The van der Waals surface area contributed by atoms with Gasteiger partial charge >= 0.3 is 5.97 Å². The van der Waals surface area contributed by atoms with Crippen molar-refractivity contribution >= 4 is 28.5 Å². The Hall–Kier alpha value is -2.44. The predicted molar refractivity (Wildman–Crippen MR) is 115 cm³/mol. The molecule has 4 rings (SSSR count). The molecule has 3 aromatic rings. The summed E-state index contributed by atoms with van der Waals surface area (Å²) >= 11 is 6.29. The molecule has 0 radical (unpaired) electrons. The first-order chi connectivity index (χ1) is 14.3. The van der Waals surface area contributed by atoms with Crippen molar-refractivity contribution < 1.29 is 13.9 Å². The van der Waals surface area contributed by atoms with Gasteiger partial charge in [-0.3, -0.25) is 9.69 Å². The summed E-state index contributed by atoms with van der Waals surface area (Å²) in [6.45, 7) is 6.17. The number of aromatic nitrogens is 2. The first-order valence-electron chi connectivity index (χ1n) is 10.1. The molecule has 0 amide bonds. The fourth-order valence-corrected chi connectivity index (χ4v) is 4.75. The zero-order valence-electron chi connectivity index (χ0n) is 17.5. The number of H-pyrrole nitrogens is 1. The highest BCUT2D eigenvalue weighted by Crippen LogP contribution is 2.43. The van der Waals surface area contributed by atoms with Crippen LogP contribution in [0.3, 0.4) is 0 Å². The van der Waals surface area contributed by atoms with Gasteiger partial charge in [0.25, 0.3) is 0 Å². The third-order valence-corrected chi connectivity index (χ3v) is 6.52. The molecule has 0 fully saturated rings. The Balaban J connectivity index is 1.93. The van der Waals surface area contributed by atoms with Crippen LogP contribution in [0.25, 0.3) is 10.9 Å². The molecule has 0 saturated heterocycles. The minimum atomic E-state index is -0.413. The van der Waals surface area contributed by atoms with Gasteiger partial charge in [0.05, 0.1) is 25.3 Å². The van der Waals surface area contributed by atoms with E-state index in [2.05, 4.69) is 27.9 Å². The van der Waals surface area contributed by atoms with E-state index in [4.69, 9.17) is 16.3 Å². The SMILES string of the molecule is COC(=O)[C@@H](C)CN1[C@H](c2c(F)cnc(Cl)c2C)c2[nH]c3ccccc3c2C[C@H]1C. The van der Waals surface area contributed by atoms with Crippen molar-refractivity contribution in [2.24, 2.45) is 5.92 Å². The van der Waals surface area contributed by atoms with Crippen LogP contribution in [0.2, 0.25) is 5.15 Å². The predicted octanol–water partition coefficient (Wildman–Crippen LogP) is 4.81. The van der Waals surface area contributed by atoms with Gasteiger partial charge in [-0.15, -0.1) is 0 Å². The minimum absolute atomic E-state index is 0.0829. The Morgan fingerprint density at radius 3 is 2.90 bits per heavy atom. The van der Waals surface area contributed by atoms with E-state index in [1.54, 1.807) is 6.92 Å². The number of ether oxygens (including phenoxy) is 1. The number of nitrogens with zero attached hydrogens (tertiary/aromatic N) is 2. The largest absolute Gasteiger partial charge is 0.469 e. The zero-order chi connectivity index (χ0) is 21.6. The highest BCUT2D eigenvalue weighted by molar-refractivity contribution is 6.30. The lowest BCUT2D eigenvalue weighted by molar-refractivity contribution is -0.145. The number of hydrogen-bond acceptors (Lipinski definition) is 4. The van der Waals surface area contributed by atoms with E-state index in [-0.39, 0.29) is 23.1 Å². The number of pyridine rings is 1. The molecule has 3 heterocycles. The number of benzene rings is 1. The average molecular weight is 430 g/mol. The summed E-state index contributed by atoms with van der Waals surface area (Å²) in [6, 6.07) is 7.78. The number of fused-ring (bicyclic) bond motifs is 3. The monoisotopic (exact) mass is 429 g/mol.